The molecule has 78 valence electrons. The van der Waals surface area contributed by atoms with Crippen molar-refractivity contribution in [2.75, 3.05) is 6.54 Å². The number of hydrogen-bond acceptors (Lipinski definition) is 3. The van der Waals surface area contributed by atoms with Crippen molar-refractivity contribution in [2.24, 2.45) is 5.92 Å². The molecule has 1 N–H and O–H groups in total. The van der Waals surface area contributed by atoms with Gasteiger partial charge in [-0.25, -0.2) is 4.98 Å². The minimum absolute atomic E-state index is 0.772. The molecule has 1 aromatic heterocycles. The summed E-state index contributed by atoms with van der Waals surface area (Å²) in [5.41, 5.74) is 1.23. The molecular formula is C11H18N2S. The minimum Gasteiger partial charge on any atom is -0.312 e. The quantitative estimate of drug-likeness (QED) is 0.826. The maximum absolute atomic E-state index is 4.65. The van der Waals surface area contributed by atoms with Crippen LogP contribution >= 0.6 is 11.3 Å². The Morgan fingerprint density at radius 2 is 2.29 bits per heavy atom. The van der Waals surface area contributed by atoms with Crippen molar-refractivity contribution < 1.29 is 0 Å². The molecule has 2 rings (SSSR count). The van der Waals surface area contributed by atoms with Crippen LogP contribution in [0.1, 0.15) is 41.8 Å². The summed E-state index contributed by atoms with van der Waals surface area (Å²) < 4.78 is 0. The highest BCUT2D eigenvalue weighted by molar-refractivity contribution is 7.11. The van der Waals surface area contributed by atoms with Gasteiger partial charge in [0.2, 0.25) is 0 Å². The van der Waals surface area contributed by atoms with Gasteiger partial charge in [-0.2, -0.15) is 0 Å². The third kappa shape index (κ3) is 1.98. The summed E-state index contributed by atoms with van der Waals surface area (Å²) in [6.45, 7) is 8.60. The molecule has 1 aliphatic rings. The van der Waals surface area contributed by atoms with Gasteiger partial charge in [-0.1, -0.05) is 13.8 Å². The first-order chi connectivity index (χ1) is 6.72. The molecule has 2 unspecified atom stereocenters. The Bertz CT molecular complexity index is 319. The second-order valence-corrected chi connectivity index (χ2v) is 5.28. The zero-order valence-corrected chi connectivity index (χ0v) is 9.95. The Balaban J connectivity index is 2.05. The second kappa shape index (κ2) is 3.99. The SMILES string of the molecule is CCNCc1sc(C2CC2C)nc1C. The fourth-order valence-corrected chi connectivity index (χ4v) is 2.96. The van der Waals surface area contributed by atoms with Gasteiger partial charge in [0.25, 0.3) is 0 Å². The molecule has 14 heavy (non-hydrogen) atoms. The highest BCUT2D eigenvalue weighted by Crippen LogP contribution is 2.48. The summed E-state index contributed by atoms with van der Waals surface area (Å²) >= 11 is 1.90. The average molecular weight is 210 g/mol. The van der Waals surface area contributed by atoms with Crippen molar-refractivity contribution in [1.29, 1.82) is 0 Å². The van der Waals surface area contributed by atoms with Crippen LogP contribution in [0.3, 0.4) is 0 Å². The zero-order valence-electron chi connectivity index (χ0n) is 9.13. The molecule has 2 nitrogen and oxygen atoms in total. The van der Waals surface area contributed by atoms with Crippen LogP contribution in [0.2, 0.25) is 0 Å². The van der Waals surface area contributed by atoms with Gasteiger partial charge in [-0.15, -0.1) is 11.3 Å². The topological polar surface area (TPSA) is 24.9 Å². The average Bonchev–Trinajstić information content (AvgIpc) is 2.76. The zero-order chi connectivity index (χ0) is 10.1. The Morgan fingerprint density at radius 3 is 2.86 bits per heavy atom. The van der Waals surface area contributed by atoms with E-state index in [0.717, 1.165) is 24.9 Å². The van der Waals surface area contributed by atoms with E-state index in [-0.39, 0.29) is 0 Å². The van der Waals surface area contributed by atoms with Crippen LogP contribution < -0.4 is 5.32 Å². The molecular weight excluding hydrogens is 192 g/mol. The molecule has 1 heterocycles. The van der Waals surface area contributed by atoms with Crippen molar-refractivity contribution in [2.45, 2.75) is 39.7 Å². The molecule has 3 heteroatoms. The maximum atomic E-state index is 4.65. The Hall–Kier alpha value is -0.410. The van der Waals surface area contributed by atoms with Gasteiger partial charge in [-0.05, 0) is 25.8 Å². The first-order valence-corrected chi connectivity index (χ1v) is 6.21. The standard InChI is InChI=1S/C11H18N2S/c1-4-12-6-10-8(3)13-11(14-10)9-5-7(9)2/h7,9,12H,4-6H2,1-3H3. The largest absolute Gasteiger partial charge is 0.312 e. The number of aromatic nitrogens is 1. The number of nitrogens with zero attached hydrogens (tertiary/aromatic N) is 1. The van der Waals surface area contributed by atoms with Crippen LogP contribution in [0.15, 0.2) is 0 Å². The number of thiazole rings is 1. The number of nitrogens with one attached hydrogen (secondary N) is 1. The van der Waals surface area contributed by atoms with Crippen LogP contribution in [0.4, 0.5) is 0 Å². The van der Waals surface area contributed by atoms with E-state index in [4.69, 9.17) is 0 Å². The minimum atomic E-state index is 0.772. The third-order valence-electron chi connectivity index (χ3n) is 2.87. The maximum Gasteiger partial charge on any atom is 0.0965 e. The van der Waals surface area contributed by atoms with Crippen LogP contribution in [-0.2, 0) is 6.54 Å². The van der Waals surface area contributed by atoms with Gasteiger partial charge in [0.1, 0.15) is 0 Å². The lowest BCUT2D eigenvalue weighted by Gasteiger charge is -1.97. The molecule has 0 amide bonds. The van der Waals surface area contributed by atoms with Gasteiger partial charge >= 0.3 is 0 Å². The van der Waals surface area contributed by atoms with Gasteiger partial charge in [0, 0.05) is 17.3 Å². The Morgan fingerprint density at radius 1 is 1.57 bits per heavy atom. The fourth-order valence-electron chi connectivity index (χ4n) is 1.68. The van der Waals surface area contributed by atoms with Crippen LogP contribution in [-0.4, -0.2) is 11.5 Å². The van der Waals surface area contributed by atoms with Crippen molar-refractivity contribution >= 4 is 11.3 Å². The van der Waals surface area contributed by atoms with Crippen molar-refractivity contribution in [3.8, 4) is 0 Å². The van der Waals surface area contributed by atoms with E-state index in [1.807, 2.05) is 11.3 Å². The molecule has 0 aliphatic heterocycles. The number of rotatable bonds is 4. The molecule has 1 aliphatic carbocycles. The fraction of sp³-hybridized carbons (Fsp3) is 0.727. The summed E-state index contributed by atoms with van der Waals surface area (Å²) in [4.78, 5) is 6.07. The van der Waals surface area contributed by atoms with Gasteiger partial charge < -0.3 is 5.32 Å². The lowest BCUT2D eigenvalue weighted by molar-refractivity contribution is 0.730. The predicted octanol–water partition coefficient (Wildman–Crippen LogP) is 2.68. The van der Waals surface area contributed by atoms with Gasteiger partial charge in [0.15, 0.2) is 0 Å². The van der Waals surface area contributed by atoms with Crippen molar-refractivity contribution in [3.05, 3.63) is 15.6 Å². The lowest BCUT2D eigenvalue weighted by Crippen LogP contribution is -2.11. The van der Waals surface area contributed by atoms with E-state index in [0.29, 0.717) is 0 Å². The number of aryl methyl sites for hydroxylation is 1. The summed E-state index contributed by atoms with van der Waals surface area (Å²) in [6, 6.07) is 0. The molecule has 0 saturated heterocycles. The first kappa shape index (κ1) is 10.1. The third-order valence-corrected chi connectivity index (χ3v) is 4.16. The summed E-state index contributed by atoms with van der Waals surface area (Å²) in [7, 11) is 0. The highest BCUT2D eigenvalue weighted by atomic mass is 32.1. The number of hydrogen-bond donors (Lipinski definition) is 1. The van der Waals surface area contributed by atoms with Gasteiger partial charge in [0.05, 0.1) is 10.7 Å². The summed E-state index contributed by atoms with van der Waals surface area (Å²) in [5, 5.41) is 4.72. The molecule has 1 fully saturated rings. The molecule has 1 saturated carbocycles. The normalized spacial score (nSPS) is 25.4. The van der Waals surface area contributed by atoms with Crippen LogP contribution in [0.25, 0.3) is 0 Å². The Kier molecular flexibility index (Phi) is 2.88. The van der Waals surface area contributed by atoms with E-state index in [9.17, 15) is 0 Å². The lowest BCUT2D eigenvalue weighted by atomic mass is 10.3. The molecule has 0 bridgehead atoms. The summed E-state index contributed by atoms with van der Waals surface area (Å²) in [6.07, 6.45) is 1.34. The van der Waals surface area contributed by atoms with E-state index in [1.165, 1.54) is 22.0 Å². The molecule has 1 aromatic rings. The highest BCUT2D eigenvalue weighted by Gasteiger charge is 2.36. The Labute approximate surface area is 89.8 Å². The van der Waals surface area contributed by atoms with E-state index >= 15 is 0 Å². The molecule has 0 aromatic carbocycles. The smallest absolute Gasteiger partial charge is 0.0965 e. The van der Waals surface area contributed by atoms with Crippen LogP contribution in [0, 0.1) is 12.8 Å². The molecule has 2 atom stereocenters. The van der Waals surface area contributed by atoms with Crippen molar-refractivity contribution in [1.82, 2.24) is 10.3 Å². The second-order valence-electron chi connectivity index (χ2n) is 4.16. The van der Waals surface area contributed by atoms with E-state index in [2.05, 4.69) is 31.1 Å². The van der Waals surface area contributed by atoms with Gasteiger partial charge in [-0.3, -0.25) is 0 Å². The van der Waals surface area contributed by atoms with E-state index < -0.39 is 0 Å². The summed E-state index contributed by atoms with van der Waals surface area (Å²) in [5.74, 6) is 1.64. The molecule has 0 spiro atoms. The van der Waals surface area contributed by atoms with Crippen LogP contribution in [0.5, 0.6) is 0 Å². The monoisotopic (exact) mass is 210 g/mol. The van der Waals surface area contributed by atoms with Crippen molar-refractivity contribution in [3.63, 3.8) is 0 Å². The first-order valence-electron chi connectivity index (χ1n) is 5.39. The van der Waals surface area contributed by atoms with E-state index in [1.54, 1.807) is 0 Å². The molecule has 0 radical (unpaired) electrons. The predicted molar refractivity (Wildman–Crippen MR) is 60.8 cm³/mol.